The second kappa shape index (κ2) is 14.8. The molecule has 14 nitrogen and oxygen atoms in total. The Balaban J connectivity index is 0.897. The van der Waals surface area contributed by atoms with Crippen LogP contribution in [0.4, 0.5) is 0 Å². The van der Waals surface area contributed by atoms with Gasteiger partial charge in [0.2, 0.25) is 0 Å². The highest BCUT2D eigenvalue weighted by atomic mass is 16.7. The van der Waals surface area contributed by atoms with E-state index in [0.29, 0.717) is 24.7 Å². The van der Waals surface area contributed by atoms with Crippen LogP contribution in [0.3, 0.4) is 0 Å². The molecule has 51 heavy (non-hydrogen) atoms. The minimum Gasteiger partial charge on any atom is -0.335 e. The smallest absolute Gasteiger partial charge is 0.151 e. The number of fused-ring (bicyclic) bond motifs is 2. The normalized spacial score (nSPS) is 16.6. The molecule has 0 aliphatic heterocycles. The quantitative estimate of drug-likeness (QED) is 0.0881. The van der Waals surface area contributed by atoms with Gasteiger partial charge in [0.25, 0.3) is 0 Å². The van der Waals surface area contributed by atoms with Crippen LogP contribution in [-0.4, -0.2) is 55.4 Å². The Hall–Kier alpha value is -5.44. The molecule has 2 fully saturated rings. The molecular formula is C37H40N12O2. The third-order valence-corrected chi connectivity index (χ3v) is 10.7. The Morgan fingerprint density at radius 2 is 1.12 bits per heavy atom. The van der Waals surface area contributed by atoms with E-state index < -0.39 is 0 Å². The molecule has 2 atom stereocenters. The number of rotatable bonds is 14. The summed E-state index contributed by atoms with van der Waals surface area (Å²) in [6, 6.07) is 8.86. The maximum absolute atomic E-state index is 9.47. The summed E-state index contributed by atoms with van der Waals surface area (Å²) in [7, 11) is 0. The first kappa shape index (κ1) is 32.7. The predicted molar refractivity (Wildman–Crippen MR) is 187 cm³/mol. The van der Waals surface area contributed by atoms with Crippen molar-refractivity contribution in [2.45, 2.75) is 89.8 Å². The van der Waals surface area contributed by atoms with Crippen molar-refractivity contribution in [1.29, 1.82) is 10.5 Å². The van der Waals surface area contributed by atoms with Gasteiger partial charge in [-0.2, -0.15) is 20.7 Å². The van der Waals surface area contributed by atoms with Gasteiger partial charge in [-0.3, -0.25) is 9.36 Å². The highest BCUT2D eigenvalue weighted by molar-refractivity contribution is 5.91. The number of hydrogen-bond acceptors (Lipinski definition) is 10. The minimum absolute atomic E-state index is 0.0671. The van der Waals surface area contributed by atoms with Gasteiger partial charge >= 0.3 is 0 Å². The van der Waals surface area contributed by atoms with Crippen molar-refractivity contribution in [3.63, 3.8) is 0 Å². The molecule has 260 valence electrons. The summed E-state index contributed by atoms with van der Waals surface area (Å²) in [4.78, 5) is 18.2. The lowest BCUT2D eigenvalue weighted by molar-refractivity contribution is -0.0985. The van der Waals surface area contributed by atoms with Crippen LogP contribution < -0.4 is 0 Å². The number of nitriles is 2. The monoisotopic (exact) mass is 684 g/mol. The molecular weight excluding hydrogens is 644 g/mol. The van der Waals surface area contributed by atoms with Crippen LogP contribution >= 0.6 is 0 Å². The van der Waals surface area contributed by atoms with E-state index in [2.05, 4.69) is 42.3 Å². The van der Waals surface area contributed by atoms with Gasteiger partial charge < -0.3 is 18.6 Å². The molecule has 2 aliphatic carbocycles. The zero-order chi connectivity index (χ0) is 34.6. The van der Waals surface area contributed by atoms with E-state index in [1.807, 2.05) is 67.8 Å². The van der Waals surface area contributed by atoms with Crippen molar-refractivity contribution < 1.29 is 9.47 Å². The Morgan fingerprint density at radius 1 is 0.667 bits per heavy atom. The van der Waals surface area contributed by atoms with Gasteiger partial charge in [-0.05, 0) is 49.7 Å². The molecule has 0 bridgehead atoms. The second-order valence-electron chi connectivity index (χ2n) is 13.6. The molecule has 0 spiro atoms. The summed E-state index contributed by atoms with van der Waals surface area (Å²) in [5, 5.41) is 30.1. The van der Waals surface area contributed by atoms with E-state index in [-0.39, 0.29) is 32.3 Å². The fraction of sp³-hybridized carbons (Fsp3) is 0.459. The van der Waals surface area contributed by atoms with Crippen LogP contribution in [0.2, 0.25) is 0 Å². The Labute approximate surface area is 295 Å². The molecule has 2 saturated carbocycles. The van der Waals surface area contributed by atoms with Crippen molar-refractivity contribution >= 4 is 22.1 Å². The minimum atomic E-state index is 0.0671. The molecule has 6 aromatic heterocycles. The standard InChI is InChI=1S/C37H40N12O2/c38-13-9-32(26-5-1-2-6-26)48-19-28(17-44-48)34-30-11-15-46(36(30)42-21-40-34)23-50-25-51-24-47-16-12-31-35(41-22-43-37(31)47)29-18-45-49(20-29)33(10-14-39)27-7-3-4-8-27/h11-12,15-22,26-27,32-33H,1-10,23-25H2/t32-,33-/m1/s1. The molecule has 14 heteroatoms. The molecule has 0 aromatic carbocycles. The van der Waals surface area contributed by atoms with Crippen LogP contribution in [0, 0.1) is 34.5 Å². The van der Waals surface area contributed by atoms with Gasteiger partial charge in [-0.1, -0.05) is 25.7 Å². The zero-order valence-corrected chi connectivity index (χ0v) is 28.5. The van der Waals surface area contributed by atoms with Crippen LogP contribution in [-0.2, 0) is 22.9 Å². The highest BCUT2D eigenvalue weighted by Gasteiger charge is 2.28. The third-order valence-electron chi connectivity index (χ3n) is 10.7. The molecule has 0 unspecified atom stereocenters. The number of aromatic nitrogens is 10. The third kappa shape index (κ3) is 6.60. The summed E-state index contributed by atoms with van der Waals surface area (Å²) in [6.07, 6.45) is 25.0. The number of hydrogen-bond donors (Lipinski definition) is 0. The van der Waals surface area contributed by atoms with Crippen LogP contribution in [0.25, 0.3) is 44.6 Å². The predicted octanol–water partition coefficient (Wildman–Crippen LogP) is 6.80. The fourth-order valence-corrected chi connectivity index (χ4v) is 8.11. The Morgan fingerprint density at radius 3 is 1.55 bits per heavy atom. The van der Waals surface area contributed by atoms with E-state index in [1.165, 1.54) is 25.7 Å². The maximum Gasteiger partial charge on any atom is 0.151 e. The van der Waals surface area contributed by atoms with Crippen LogP contribution in [0.1, 0.15) is 76.3 Å². The van der Waals surface area contributed by atoms with Gasteiger partial charge in [-0.25, -0.2) is 19.9 Å². The van der Waals surface area contributed by atoms with Crippen molar-refractivity contribution in [2.24, 2.45) is 11.8 Å². The Kier molecular flexibility index (Phi) is 9.51. The largest absolute Gasteiger partial charge is 0.335 e. The summed E-state index contributed by atoms with van der Waals surface area (Å²) < 4.78 is 19.5. The van der Waals surface area contributed by atoms with Gasteiger partial charge in [0.15, 0.2) is 6.79 Å². The fourth-order valence-electron chi connectivity index (χ4n) is 8.11. The average molecular weight is 685 g/mol. The lowest BCUT2D eigenvalue weighted by atomic mass is 9.96. The number of nitrogens with zero attached hydrogens (tertiary/aromatic N) is 12. The number of ether oxygens (including phenoxy) is 2. The van der Waals surface area contributed by atoms with Crippen LogP contribution in [0.5, 0.6) is 0 Å². The van der Waals surface area contributed by atoms with E-state index in [4.69, 9.17) is 9.47 Å². The first-order chi connectivity index (χ1) is 25.2. The lowest BCUT2D eigenvalue weighted by Gasteiger charge is -2.21. The van der Waals surface area contributed by atoms with E-state index in [0.717, 1.165) is 70.3 Å². The van der Waals surface area contributed by atoms with Gasteiger partial charge in [0, 0.05) is 46.7 Å². The van der Waals surface area contributed by atoms with Crippen LogP contribution in [0.15, 0.2) is 62.0 Å². The first-order valence-corrected chi connectivity index (χ1v) is 17.8. The maximum atomic E-state index is 9.47. The van der Waals surface area contributed by atoms with Gasteiger partial charge in [0.1, 0.15) is 37.4 Å². The van der Waals surface area contributed by atoms with Crippen molar-refractivity contribution in [1.82, 2.24) is 48.6 Å². The molecule has 6 heterocycles. The van der Waals surface area contributed by atoms with E-state index in [1.54, 1.807) is 12.7 Å². The molecule has 8 rings (SSSR count). The molecule has 0 radical (unpaired) electrons. The topological polar surface area (TPSA) is 163 Å². The van der Waals surface area contributed by atoms with Crippen molar-refractivity contribution in [2.75, 3.05) is 6.79 Å². The molecule has 0 N–H and O–H groups in total. The summed E-state index contributed by atoms with van der Waals surface area (Å²) in [6.45, 7) is 0.570. The van der Waals surface area contributed by atoms with E-state index in [9.17, 15) is 10.5 Å². The first-order valence-electron chi connectivity index (χ1n) is 17.8. The summed E-state index contributed by atoms with van der Waals surface area (Å²) in [5.41, 5.74) is 4.90. The van der Waals surface area contributed by atoms with Gasteiger partial charge in [-0.15, -0.1) is 0 Å². The van der Waals surface area contributed by atoms with Crippen molar-refractivity contribution in [3.05, 3.63) is 62.0 Å². The van der Waals surface area contributed by atoms with Gasteiger partial charge in [0.05, 0.1) is 60.8 Å². The second-order valence-corrected chi connectivity index (χ2v) is 13.6. The molecule has 2 aliphatic rings. The zero-order valence-electron chi connectivity index (χ0n) is 28.5. The average Bonchev–Trinajstić information content (AvgIpc) is 4.02. The lowest BCUT2D eigenvalue weighted by Crippen LogP contribution is -2.17. The summed E-state index contributed by atoms with van der Waals surface area (Å²) >= 11 is 0. The van der Waals surface area contributed by atoms with Crippen molar-refractivity contribution in [3.8, 4) is 34.7 Å². The molecule has 0 saturated heterocycles. The summed E-state index contributed by atoms with van der Waals surface area (Å²) in [5.74, 6) is 0.966. The SMILES string of the molecule is N#CC[C@H](C1CCCC1)n1cc(-c2ncnc3c2ccn3COCOCn2ccc3c(-c4cnn([C@H](CC#N)C5CCCC5)c4)ncnc32)cn1. The Bertz CT molecular complexity index is 2030. The van der Waals surface area contributed by atoms with E-state index >= 15 is 0 Å². The molecule has 6 aromatic rings. The molecule has 0 amide bonds. The highest BCUT2D eigenvalue weighted by Crippen LogP contribution is 2.38.